The summed E-state index contributed by atoms with van der Waals surface area (Å²) in [5.74, 6) is 0.222. The van der Waals surface area contributed by atoms with E-state index in [2.05, 4.69) is 0 Å². The zero-order chi connectivity index (χ0) is 9.19. The monoisotopic (exact) mass is 171 g/mol. The van der Waals surface area contributed by atoms with Gasteiger partial charge >= 0.3 is 0 Å². The third-order valence-electron chi connectivity index (χ3n) is 1.82. The van der Waals surface area contributed by atoms with Crippen molar-refractivity contribution in [2.75, 3.05) is 13.3 Å². The quantitative estimate of drug-likeness (QED) is 0.628. The first-order chi connectivity index (χ1) is 5.49. The number of hydrogen-bond donors (Lipinski definition) is 0. The Kier molecular flexibility index (Phi) is 2.73. The fraction of sp³-hybridized carbons (Fsp3) is 0.889. The van der Waals surface area contributed by atoms with Gasteiger partial charge in [0.25, 0.3) is 0 Å². The van der Waals surface area contributed by atoms with Crippen molar-refractivity contribution in [3.63, 3.8) is 0 Å². The lowest BCUT2D eigenvalue weighted by atomic mass is 10.2. The number of carbonyl (C=O) groups excluding carboxylic acids is 1. The lowest BCUT2D eigenvalue weighted by molar-refractivity contribution is -0.137. The molecule has 0 bridgehead atoms. The Morgan fingerprint density at radius 2 is 2.17 bits per heavy atom. The Morgan fingerprint density at radius 1 is 1.50 bits per heavy atom. The van der Waals surface area contributed by atoms with E-state index in [1.807, 2.05) is 20.8 Å². The number of carbonyl (C=O) groups is 1. The van der Waals surface area contributed by atoms with Crippen LogP contribution in [0.25, 0.3) is 0 Å². The van der Waals surface area contributed by atoms with Gasteiger partial charge in [0.2, 0.25) is 5.91 Å². The van der Waals surface area contributed by atoms with Gasteiger partial charge in [-0.2, -0.15) is 0 Å². The van der Waals surface area contributed by atoms with Crippen LogP contribution in [-0.4, -0.2) is 29.7 Å². The summed E-state index contributed by atoms with van der Waals surface area (Å²) in [5.41, 5.74) is -0.150. The molecule has 0 aromatic rings. The SMILES string of the molecule is CC(C)(C)OCN1CCCC1=O. The molecular weight excluding hydrogens is 154 g/mol. The second-order valence-electron chi connectivity index (χ2n) is 4.15. The highest BCUT2D eigenvalue weighted by atomic mass is 16.5. The summed E-state index contributed by atoms with van der Waals surface area (Å²) >= 11 is 0. The number of hydrogen-bond acceptors (Lipinski definition) is 2. The molecule has 0 aromatic carbocycles. The van der Waals surface area contributed by atoms with Gasteiger partial charge in [-0.15, -0.1) is 0 Å². The first-order valence-electron chi connectivity index (χ1n) is 4.41. The van der Waals surface area contributed by atoms with Gasteiger partial charge in [-0.05, 0) is 27.2 Å². The predicted octanol–water partition coefficient (Wildman–Crippen LogP) is 1.38. The average molecular weight is 171 g/mol. The molecule has 3 heteroatoms. The van der Waals surface area contributed by atoms with E-state index in [0.717, 1.165) is 13.0 Å². The van der Waals surface area contributed by atoms with Gasteiger partial charge in [0.1, 0.15) is 6.73 Å². The third-order valence-corrected chi connectivity index (χ3v) is 1.82. The van der Waals surface area contributed by atoms with Crippen molar-refractivity contribution in [1.29, 1.82) is 0 Å². The highest BCUT2D eigenvalue weighted by molar-refractivity contribution is 5.77. The Bertz CT molecular complexity index is 172. The minimum atomic E-state index is -0.150. The van der Waals surface area contributed by atoms with Crippen LogP contribution in [0, 0.1) is 0 Å². The van der Waals surface area contributed by atoms with Gasteiger partial charge in [0.05, 0.1) is 5.60 Å². The molecule has 0 spiro atoms. The second-order valence-corrected chi connectivity index (χ2v) is 4.15. The van der Waals surface area contributed by atoms with Gasteiger partial charge in [0.15, 0.2) is 0 Å². The van der Waals surface area contributed by atoms with Crippen LogP contribution >= 0.6 is 0 Å². The number of rotatable bonds is 2. The molecule has 1 amide bonds. The van der Waals surface area contributed by atoms with Crippen LogP contribution in [0.2, 0.25) is 0 Å². The number of ether oxygens (including phenoxy) is 1. The summed E-state index contributed by atoms with van der Waals surface area (Å²) in [4.78, 5) is 12.9. The zero-order valence-electron chi connectivity index (χ0n) is 8.09. The Labute approximate surface area is 73.7 Å². The van der Waals surface area contributed by atoms with Crippen LogP contribution in [0.1, 0.15) is 33.6 Å². The first kappa shape index (κ1) is 9.52. The van der Waals surface area contributed by atoms with Crippen LogP contribution in [0.3, 0.4) is 0 Å². The van der Waals surface area contributed by atoms with Gasteiger partial charge < -0.3 is 9.64 Å². The van der Waals surface area contributed by atoms with Crippen LogP contribution in [0.5, 0.6) is 0 Å². The van der Waals surface area contributed by atoms with E-state index in [0.29, 0.717) is 13.2 Å². The van der Waals surface area contributed by atoms with Gasteiger partial charge in [0, 0.05) is 13.0 Å². The lowest BCUT2D eigenvalue weighted by Crippen LogP contribution is -2.32. The maximum atomic E-state index is 11.1. The average Bonchev–Trinajstić information content (AvgIpc) is 2.29. The van der Waals surface area contributed by atoms with Crippen LogP contribution in [0.4, 0.5) is 0 Å². The number of amides is 1. The standard InChI is InChI=1S/C9H17NO2/c1-9(2,3)12-7-10-6-4-5-8(10)11/h4-7H2,1-3H3. The smallest absolute Gasteiger partial charge is 0.224 e. The Morgan fingerprint density at radius 3 is 2.58 bits per heavy atom. The van der Waals surface area contributed by atoms with Crippen molar-refractivity contribution >= 4 is 5.91 Å². The zero-order valence-corrected chi connectivity index (χ0v) is 8.09. The Balaban J connectivity index is 2.27. The molecule has 0 aromatic heterocycles. The molecule has 1 rings (SSSR count). The molecule has 0 saturated carbocycles. The molecule has 12 heavy (non-hydrogen) atoms. The van der Waals surface area contributed by atoms with Crippen molar-refractivity contribution in [2.24, 2.45) is 0 Å². The molecule has 1 saturated heterocycles. The van der Waals surface area contributed by atoms with Crippen LogP contribution in [-0.2, 0) is 9.53 Å². The van der Waals surface area contributed by atoms with E-state index in [1.54, 1.807) is 4.90 Å². The molecular formula is C9H17NO2. The third kappa shape index (κ3) is 2.81. The Hall–Kier alpha value is -0.570. The molecule has 0 atom stereocenters. The minimum absolute atomic E-state index is 0.150. The molecule has 0 N–H and O–H groups in total. The largest absolute Gasteiger partial charge is 0.355 e. The molecule has 70 valence electrons. The topological polar surface area (TPSA) is 29.5 Å². The van der Waals surface area contributed by atoms with Crippen LogP contribution < -0.4 is 0 Å². The minimum Gasteiger partial charge on any atom is -0.355 e. The highest BCUT2D eigenvalue weighted by Crippen LogP contribution is 2.13. The summed E-state index contributed by atoms with van der Waals surface area (Å²) in [7, 11) is 0. The van der Waals surface area contributed by atoms with E-state index in [1.165, 1.54) is 0 Å². The molecule has 1 aliphatic heterocycles. The van der Waals surface area contributed by atoms with Crippen molar-refractivity contribution in [2.45, 2.75) is 39.2 Å². The van der Waals surface area contributed by atoms with Gasteiger partial charge in [-0.25, -0.2) is 0 Å². The lowest BCUT2D eigenvalue weighted by Gasteiger charge is -2.24. The van der Waals surface area contributed by atoms with E-state index in [4.69, 9.17) is 4.74 Å². The molecule has 0 aliphatic carbocycles. The summed E-state index contributed by atoms with van der Waals surface area (Å²) in [6.45, 7) is 7.28. The predicted molar refractivity (Wildman–Crippen MR) is 46.7 cm³/mol. The second kappa shape index (κ2) is 3.44. The van der Waals surface area contributed by atoms with Crippen LogP contribution in [0.15, 0.2) is 0 Å². The van der Waals surface area contributed by atoms with Crippen molar-refractivity contribution < 1.29 is 9.53 Å². The van der Waals surface area contributed by atoms with Gasteiger partial charge in [-0.3, -0.25) is 4.79 Å². The highest BCUT2D eigenvalue weighted by Gasteiger charge is 2.21. The summed E-state index contributed by atoms with van der Waals surface area (Å²) < 4.78 is 5.49. The molecule has 1 aliphatic rings. The maximum absolute atomic E-state index is 11.1. The van der Waals surface area contributed by atoms with Gasteiger partial charge in [-0.1, -0.05) is 0 Å². The van der Waals surface area contributed by atoms with E-state index in [-0.39, 0.29) is 11.5 Å². The fourth-order valence-electron chi connectivity index (χ4n) is 1.11. The normalized spacial score (nSPS) is 18.9. The first-order valence-corrected chi connectivity index (χ1v) is 4.41. The molecule has 0 radical (unpaired) electrons. The van der Waals surface area contributed by atoms with E-state index >= 15 is 0 Å². The fourth-order valence-corrected chi connectivity index (χ4v) is 1.11. The molecule has 0 unspecified atom stereocenters. The maximum Gasteiger partial charge on any atom is 0.224 e. The molecule has 1 heterocycles. The molecule has 3 nitrogen and oxygen atoms in total. The van der Waals surface area contributed by atoms with Crippen molar-refractivity contribution in [3.8, 4) is 0 Å². The number of likely N-dealkylation sites (tertiary alicyclic amines) is 1. The summed E-state index contributed by atoms with van der Waals surface area (Å²) in [6.07, 6.45) is 1.67. The van der Waals surface area contributed by atoms with Crippen molar-refractivity contribution in [3.05, 3.63) is 0 Å². The summed E-state index contributed by atoms with van der Waals surface area (Å²) in [5, 5.41) is 0. The molecule has 1 fully saturated rings. The van der Waals surface area contributed by atoms with E-state index in [9.17, 15) is 4.79 Å². The van der Waals surface area contributed by atoms with Crippen molar-refractivity contribution in [1.82, 2.24) is 4.90 Å². The summed E-state index contributed by atoms with van der Waals surface area (Å²) in [6, 6.07) is 0. The number of nitrogens with zero attached hydrogens (tertiary/aromatic N) is 1. The van der Waals surface area contributed by atoms with E-state index < -0.39 is 0 Å².